The fourth-order valence-electron chi connectivity index (χ4n) is 2.38. The Kier molecular flexibility index (Phi) is 10.6. The zero-order valence-electron chi connectivity index (χ0n) is 16.5. The van der Waals surface area contributed by atoms with E-state index in [9.17, 15) is 9.59 Å². The Hall–Kier alpha value is -1.92. The van der Waals surface area contributed by atoms with Crippen LogP contribution in [-0.2, 0) is 9.47 Å². The molecule has 26 heavy (non-hydrogen) atoms. The molecule has 1 aromatic carbocycles. The second kappa shape index (κ2) is 12.4. The van der Waals surface area contributed by atoms with E-state index in [2.05, 4.69) is 9.80 Å². The van der Waals surface area contributed by atoms with Crippen LogP contribution >= 0.6 is 0 Å². The Bertz CT molecular complexity index is 509. The molecule has 6 nitrogen and oxygen atoms in total. The molecule has 0 bridgehead atoms. The van der Waals surface area contributed by atoms with Crippen molar-refractivity contribution in [3.63, 3.8) is 0 Å². The Morgan fingerprint density at radius 2 is 1.12 bits per heavy atom. The summed E-state index contributed by atoms with van der Waals surface area (Å²) in [6.45, 7) is 2.60. The molecular weight excluding hydrogens is 332 g/mol. The van der Waals surface area contributed by atoms with E-state index in [1.807, 2.05) is 28.2 Å². The summed E-state index contributed by atoms with van der Waals surface area (Å²) >= 11 is 0. The third kappa shape index (κ3) is 8.97. The smallest absolute Gasteiger partial charge is 0.339 e. The summed E-state index contributed by atoms with van der Waals surface area (Å²) in [6, 6.07) is 6.64. The van der Waals surface area contributed by atoms with Gasteiger partial charge in [0.15, 0.2) is 0 Å². The van der Waals surface area contributed by atoms with Gasteiger partial charge in [0.05, 0.1) is 24.3 Å². The van der Waals surface area contributed by atoms with Crippen molar-refractivity contribution in [3.8, 4) is 0 Å². The van der Waals surface area contributed by atoms with Crippen LogP contribution in [0.2, 0.25) is 0 Å². The van der Waals surface area contributed by atoms with E-state index in [-0.39, 0.29) is 11.1 Å². The van der Waals surface area contributed by atoms with Gasteiger partial charge in [-0.25, -0.2) is 9.59 Å². The molecule has 0 spiro atoms. The zero-order valence-corrected chi connectivity index (χ0v) is 16.5. The first-order valence-corrected chi connectivity index (χ1v) is 9.14. The molecule has 0 aliphatic carbocycles. The Morgan fingerprint density at radius 3 is 1.46 bits per heavy atom. The van der Waals surface area contributed by atoms with Crippen LogP contribution in [0.15, 0.2) is 24.3 Å². The number of carbonyl (C=O) groups is 2. The van der Waals surface area contributed by atoms with Crippen molar-refractivity contribution >= 4 is 11.9 Å². The third-order valence-electron chi connectivity index (χ3n) is 3.83. The van der Waals surface area contributed by atoms with E-state index >= 15 is 0 Å². The van der Waals surface area contributed by atoms with Crippen LogP contribution in [0.3, 0.4) is 0 Å². The maximum Gasteiger partial charge on any atom is 0.339 e. The summed E-state index contributed by atoms with van der Waals surface area (Å²) in [5.74, 6) is -0.954. The molecule has 0 saturated heterocycles. The van der Waals surface area contributed by atoms with Gasteiger partial charge >= 0.3 is 11.9 Å². The van der Waals surface area contributed by atoms with E-state index in [4.69, 9.17) is 9.47 Å². The Balaban J connectivity index is 2.47. The maximum atomic E-state index is 12.3. The van der Waals surface area contributed by atoms with E-state index in [0.717, 1.165) is 38.8 Å². The van der Waals surface area contributed by atoms with Crippen molar-refractivity contribution in [2.24, 2.45) is 0 Å². The minimum Gasteiger partial charge on any atom is -0.462 e. The zero-order chi connectivity index (χ0) is 19.4. The SMILES string of the molecule is CN(C)CCCCOC(=O)c1ccccc1C(=O)OCCCCN(C)C. The molecule has 0 amide bonds. The molecule has 0 fully saturated rings. The van der Waals surface area contributed by atoms with Crippen LogP contribution in [0.25, 0.3) is 0 Å². The lowest BCUT2D eigenvalue weighted by Gasteiger charge is -2.11. The number of ether oxygens (including phenoxy) is 2. The van der Waals surface area contributed by atoms with Crippen LogP contribution in [0.1, 0.15) is 46.4 Å². The predicted molar refractivity (Wildman–Crippen MR) is 103 cm³/mol. The van der Waals surface area contributed by atoms with E-state index in [1.54, 1.807) is 24.3 Å². The lowest BCUT2D eigenvalue weighted by Crippen LogP contribution is -2.17. The molecule has 1 rings (SSSR count). The molecule has 0 unspecified atom stereocenters. The minimum atomic E-state index is -0.477. The first-order valence-electron chi connectivity index (χ1n) is 9.14. The molecule has 146 valence electrons. The fourth-order valence-corrected chi connectivity index (χ4v) is 2.38. The van der Waals surface area contributed by atoms with Gasteiger partial charge in [-0.15, -0.1) is 0 Å². The number of esters is 2. The summed E-state index contributed by atoms with van der Waals surface area (Å²) < 4.78 is 10.6. The normalized spacial score (nSPS) is 11.0. The van der Waals surface area contributed by atoms with Crippen LogP contribution in [0.4, 0.5) is 0 Å². The Morgan fingerprint density at radius 1 is 0.731 bits per heavy atom. The van der Waals surface area contributed by atoms with E-state index in [0.29, 0.717) is 13.2 Å². The highest BCUT2D eigenvalue weighted by Gasteiger charge is 2.18. The average Bonchev–Trinajstić information content (AvgIpc) is 2.60. The minimum absolute atomic E-state index is 0.262. The molecular formula is C20H32N2O4. The third-order valence-corrected chi connectivity index (χ3v) is 3.83. The van der Waals surface area contributed by atoms with E-state index in [1.165, 1.54) is 0 Å². The summed E-state index contributed by atoms with van der Waals surface area (Å²) in [5.41, 5.74) is 0.525. The Labute approximate surface area is 157 Å². The molecule has 0 aromatic heterocycles. The molecule has 0 N–H and O–H groups in total. The standard InChI is InChI=1S/C20H32N2O4/c1-21(2)13-7-9-15-25-19(23)17-11-5-6-12-18(17)20(24)26-16-10-8-14-22(3)4/h5-6,11-12H,7-10,13-16H2,1-4H3. The van der Waals surface area contributed by atoms with Crippen molar-refractivity contribution in [2.45, 2.75) is 25.7 Å². The first-order chi connectivity index (χ1) is 12.4. The second-order valence-electron chi connectivity index (χ2n) is 6.84. The summed E-state index contributed by atoms with van der Waals surface area (Å²) in [7, 11) is 8.03. The topological polar surface area (TPSA) is 59.1 Å². The number of rotatable bonds is 12. The molecule has 0 atom stereocenters. The number of hydrogen-bond acceptors (Lipinski definition) is 6. The number of hydrogen-bond donors (Lipinski definition) is 0. The van der Waals surface area contributed by atoms with Crippen molar-refractivity contribution in [3.05, 3.63) is 35.4 Å². The quantitative estimate of drug-likeness (QED) is 0.420. The summed E-state index contributed by atoms with van der Waals surface area (Å²) in [4.78, 5) is 28.7. The van der Waals surface area contributed by atoms with Crippen LogP contribution in [0, 0.1) is 0 Å². The van der Waals surface area contributed by atoms with Crippen molar-refractivity contribution in [1.29, 1.82) is 0 Å². The van der Waals surface area contributed by atoms with Crippen molar-refractivity contribution in [2.75, 3.05) is 54.5 Å². The van der Waals surface area contributed by atoms with Gasteiger partial charge < -0.3 is 19.3 Å². The van der Waals surface area contributed by atoms with Crippen LogP contribution in [0.5, 0.6) is 0 Å². The summed E-state index contributed by atoms with van der Waals surface area (Å²) in [5, 5.41) is 0. The molecule has 1 aromatic rings. The van der Waals surface area contributed by atoms with Crippen LogP contribution in [-0.4, -0.2) is 76.2 Å². The molecule has 0 saturated carbocycles. The largest absolute Gasteiger partial charge is 0.462 e. The molecule has 6 heteroatoms. The highest BCUT2D eigenvalue weighted by atomic mass is 16.5. The summed E-state index contributed by atoms with van der Waals surface area (Å²) in [6.07, 6.45) is 3.50. The van der Waals surface area contributed by atoms with Gasteiger partial charge in [0.1, 0.15) is 0 Å². The van der Waals surface area contributed by atoms with Gasteiger partial charge in [-0.3, -0.25) is 0 Å². The fraction of sp³-hybridized carbons (Fsp3) is 0.600. The monoisotopic (exact) mass is 364 g/mol. The lowest BCUT2D eigenvalue weighted by atomic mass is 10.1. The van der Waals surface area contributed by atoms with Gasteiger partial charge in [0.25, 0.3) is 0 Å². The van der Waals surface area contributed by atoms with Gasteiger partial charge in [0, 0.05) is 0 Å². The average molecular weight is 364 g/mol. The number of unbranched alkanes of at least 4 members (excludes halogenated alkanes) is 2. The molecule has 0 aliphatic rings. The highest BCUT2D eigenvalue weighted by molar-refractivity contribution is 6.03. The first kappa shape index (κ1) is 22.1. The number of carbonyl (C=O) groups excluding carboxylic acids is 2. The molecule has 0 radical (unpaired) electrons. The van der Waals surface area contributed by atoms with Crippen molar-refractivity contribution < 1.29 is 19.1 Å². The lowest BCUT2D eigenvalue weighted by molar-refractivity contribution is 0.0449. The van der Waals surface area contributed by atoms with E-state index < -0.39 is 11.9 Å². The van der Waals surface area contributed by atoms with Gasteiger partial charge in [-0.1, -0.05) is 12.1 Å². The van der Waals surface area contributed by atoms with Crippen molar-refractivity contribution in [1.82, 2.24) is 9.80 Å². The number of nitrogens with zero attached hydrogens (tertiary/aromatic N) is 2. The second-order valence-corrected chi connectivity index (χ2v) is 6.84. The number of benzene rings is 1. The maximum absolute atomic E-state index is 12.3. The molecule has 0 aliphatic heterocycles. The van der Waals surface area contributed by atoms with Gasteiger partial charge in [-0.2, -0.15) is 0 Å². The predicted octanol–water partition coefficient (Wildman–Crippen LogP) is 2.68. The highest BCUT2D eigenvalue weighted by Crippen LogP contribution is 2.13. The van der Waals surface area contributed by atoms with Gasteiger partial charge in [0.2, 0.25) is 0 Å². The molecule has 0 heterocycles. The van der Waals surface area contributed by atoms with Crippen LogP contribution < -0.4 is 0 Å². The van der Waals surface area contributed by atoms with Gasteiger partial charge in [-0.05, 0) is 79.1 Å².